The number of benzene rings is 1. The number of H-pyrrole nitrogens is 1. The van der Waals surface area contributed by atoms with E-state index < -0.39 is 0 Å². The van der Waals surface area contributed by atoms with Crippen LogP contribution in [-0.4, -0.2) is 64.3 Å². The van der Waals surface area contributed by atoms with E-state index in [1.165, 1.54) is 5.56 Å². The van der Waals surface area contributed by atoms with Crippen LogP contribution >= 0.6 is 12.2 Å². The smallest absolute Gasteiger partial charge is 0.253 e. The molecule has 8 heteroatoms. The number of aromatic amines is 1. The number of nitrogens with one attached hydrogen (secondary N) is 2. The minimum absolute atomic E-state index is 0.0899. The molecule has 33 heavy (non-hydrogen) atoms. The Hall–Kier alpha value is -2.81. The molecule has 0 saturated carbocycles. The van der Waals surface area contributed by atoms with Gasteiger partial charge < -0.3 is 19.9 Å². The van der Waals surface area contributed by atoms with Crippen molar-refractivity contribution in [2.24, 2.45) is 0 Å². The maximum Gasteiger partial charge on any atom is 0.253 e. The highest BCUT2D eigenvalue weighted by Gasteiger charge is 2.16. The average Bonchev–Trinajstić information content (AvgIpc) is 2.82. The zero-order chi connectivity index (χ0) is 23.2. The minimum atomic E-state index is -0.0899. The summed E-state index contributed by atoms with van der Waals surface area (Å²) in [6.45, 7) is 10.1. The first-order chi connectivity index (χ1) is 16.0. The minimum Gasteiger partial charge on any atom is -0.379 e. The van der Waals surface area contributed by atoms with Gasteiger partial charge in [-0.3, -0.25) is 14.7 Å². The van der Waals surface area contributed by atoms with Crippen LogP contribution < -0.4 is 10.9 Å². The summed E-state index contributed by atoms with van der Waals surface area (Å²) < 4.78 is 5.42. The second kappa shape index (κ2) is 10.9. The van der Waals surface area contributed by atoms with E-state index >= 15 is 0 Å². The molecule has 3 heterocycles. The van der Waals surface area contributed by atoms with E-state index in [2.05, 4.69) is 40.1 Å². The van der Waals surface area contributed by atoms with Crippen LogP contribution in [-0.2, 0) is 17.8 Å². The quantitative estimate of drug-likeness (QED) is 0.520. The summed E-state index contributed by atoms with van der Waals surface area (Å²) in [4.78, 5) is 24.7. The van der Waals surface area contributed by atoms with Crippen LogP contribution in [0.5, 0.6) is 0 Å². The monoisotopic (exact) mass is 465 g/mol. The first-order valence-electron chi connectivity index (χ1n) is 11.4. The summed E-state index contributed by atoms with van der Waals surface area (Å²) in [5.74, 6) is 0. The second-order valence-electron chi connectivity index (χ2n) is 8.51. The Morgan fingerprint density at radius 3 is 2.73 bits per heavy atom. The van der Waals surface area contributed by atoms with Gasteiger partial charge in [-0.1, -0.05) is 6.07 Å². The molecular weight excluding hydrogens is 434 g/mol. The number of thiocarbonyl (C=S) groups is 1. The molecule has 0 unspecified atom stereocenters. The Balaban J connectivity index is 1.51. The van der Waals surface area contributed by atoms with Crippen LogP contribution in [0.3, 0.4) is 0 Å². The van der Waals surface area contributed by atoms with Crippen molar-refractivity contribution in [3.63, 3.8) is 0 Å². The Bertz CT molecular complexity index is 1160. The maximum absolute atomic E-state index is 12.9. The molecule has 1 aliphatic rings. The van der Waals surface area contributed by atoms with Crippen LogP contribution in [0.1, 0.15) is 22.4 Å². The van der Waals surface area contributed by atoms with Gasteiger partial charge in [0, 0.05) is 43.5 Å². The van der Waals surface area contributed by atoms with Crippen LogP contribution in [0, 0.1) is 13.8 Å². The third-order valence-corrected chi connectivity index (χ3v) is 6.47. The van der Waals surface area contributed by atoms with Crippen molar-refractivity contribution in [2.45, 2.75) is 26.9 Å². The van der Waals surface area contributed by atoms with E-state index in [1.807, 2.05) is 35.2 Å². The highest BCUT2D eigenvalue weighted by molar-refractivity contribution is 7.80. The van der Waals surface area contributed by atoms with E-state index in [-0.39, 0.29) is 5.56 Å². The second-order valence-corrected chi connectivity index (χ2v) is 8.90. The number of fused-ring (bicyclic) bond motifs is 1. The zero-order valence-corrected chi connectivity index (χ0v) is 20.1. The number of aromatic nitrogens is 2. The molecule has 1 fully saturated rings. The summed E-state index contributed by atoms with van der Waals surface area (Å²) >= 11 is 5.75. The van der Waals surface area contributed by atoms with Crippen LogP contribution in [0.2, 0.25) is 0 Å². The summed E-state index contributed by atoms with van der Waals surface area (Å²) in [5, 5.41) is 5.02. The van der Waals surface area contributed by atoms with E-state index in [0.717, 1.165) is 61.6 Å². The van der Waals surface area contributed by atoms with Gasteiger partial charge in [-0.05, 0) is 72.9 Å². The Kier molecular flexibility index (Phi) is 7.69. The van der Waals surface area contributed by atoms with Crippen molar-refractivity contribution >= 4 is 28.2 Å². The molecule has 0 amide bonds. The molecule has 0 spiro atoms. The van der Waals surface area contributed by atoms with Crippen LogP contribution in [0.25, 0.3) is 10.9 Å². The van der Waals surface area contributed by atoms with Gasteiger partial charge in [0.1, 0.15) is 0 Å². The van der Waals surface area contributed by atoms with Crippen molar-refractivity contribution < 1.29 is 4.74 Å². The molecule has 2 aromatic heterocycles. The van der Waals surface area contributed by atoms with Crippen molar-refractivity contribution in [3.05, 3.63) is 75.3 Å². The predicted octanol–water partition coefficient (Wildman–Crippen LogP) is 2.75. The molecule has 3 aromatic rings. The summed E-state index contributed by atoms with van der Waals surface area (Å²) in [6, 6.07) is 11.9. The van der Waals surface area contributed by atoms with Gasteiger partial charge in [-0.2, -0.15) is 0 Å². The van der Waals surface area contributed by atoms with E-state index in [4.69, 9.17) is 17.0 Å². The van der Waals surface area contributed by atoms with Gasteiger partial charge in [0.2, 0.25) is 0 Å². The molecule has 174 valence electrons. The molecule has 1 aromatic carbocycles. The van der Waals surface area contributed by atoms with Gasteiger partial charge >= 0.3 is 0 Å². The van der Waals surface area contributed by atoms with Gasteiger partial charge in [0.25, 0.3) is 5.56 Å². The van der Waals surface area contributed by atoms with Crippen LogP contribution in [0.4, 0.5) is 0 Å². The largest absolute Gasteiger partial charge is 0.379 e. The molecule has 0 bridgehead atoms. The summed E-state index contributed by atoms with van der Waals surface area (Å²) in [5.41, 5.74) is 4.71. The van der Waals surface area contributed by atoms with E-state index in [1.54, 1.807) is 6.20 Å². The number of nitrogens with zero attached hydrogens (tertiary/aromatic N) is 3. The molecular formula is C25H31N5O2S. The van der Waals surface area contributed by atoms with Gasteiger partial charge in [-0.25, -0.2) is 0 Å². The molecule has 2 N–H and O–H groups in total. The Morgan fingerprint density at radius 2 is 1.97 bits per heavy atom. The van der Waals surface area contributed by atoms with Crippen molar-refractivity contribution in [3.8, 4) is 0 Å². The fourth-order valence-corrected chi connectivity index (χ4v) is 4.22. The lowest BCUT2D eigenvalue weighted by atomic mass is 10.0. The van der Waals surface area contributed by atoms with E-state index in [0.29, 0.717) is 23.8 Å². The van der Waals surface area contributed by atoms with Crippen molar-refractivity contribution in [1.29, 1.82) is 0 Å². The molecule has 0 atom stereocenters. The summed E-state index contributed by atoms with van der Waals surface area (Å²) in [6.07, 6.45) is 1.77. The Morgan fingerprint density at radius 1 is 1.18 bits per heavy atom. The lowest BCUT2D eigenvalue weighted by molar-refractivity contribution is 0.0388. The number of aryl methyl sites for hydroxylation is 2. The van der Waals surface area contributed by atoms with Gasteiger partial charge in [0.05, 0.1) is 32.0 Å². The Labute approximate surface area is 199 Å². The van der Waals surface area contributed by atoms with Gasteiger partial charge in [-0.15, -0.1) is 0 Å². The number of ether oxygens (including phenoxy) is 1. The number of pyridine rings is 2. The molecule has 1 aliphatic heterocycles. The standard InChI is InChI=1S/C25H31N5O2S/c1-18-13-20-15-21(24(31)28-23(20)14-19(18)2)16-30(17-22-5-3-4-6-26-22)25(33)27-7-8-29-9-11-32-12-10-29/h3-6,13-15H,7-12,16-17H2,1-2H3,(H,27,33)(H,28,31). The topological polar surface area (TPSA) is 73.5 Å². The van der Waals surface area contributed by atoms with Crippen molar-refractivity contribution in [2.75, 3.05) is 39.4 Å². The maximum atomic E-state index is 12.9. The molecule has 0 radical (unpaired) electrons. The van der Waals surface area contributed by atoms with Crippen LogP contribution in [0.15, 0.2) is 47.4 Å². The average molecular weight is 466 g/mol. The fraction of sp³-hybridized carbons (Fsp3) is 0.400. The molecule has 0 aliphatic carbocycles. The lowest BCUT2D eigenvalue weighted by Gasteiger charge is -2.29. The number of rotatable bonds is 7. The van der Waals surface area contributed by atoms with Gasteiger partial charge in [0.15, 0.2) is 5.11 Å². The number of hydrogen-bond acceptors (Lipinski definition) is 5. The molecule has 4 rings (SSSR count). The highest BCUT2D eigenvalue weighted by atomic mass is 32.1. The van der Waals surface area contributed by atoms with E-state index in [9.17, 15) is 4.79 Å². The summed E-state index contributed by atoms with van der Waals surface area (Å²) in [7, 11) is 0. The molecule has 7 nitrogen and oxygen atoms in total. The highest BCUT2D eigenvalue weighted by Crippen LogP contribution is 2.18. The lowest BCUT2D eigenvalue weighted by Crippen LogP contribution is -2.45. The SMILES string of the molecule is Cc1cc2cc(CN(Cc3ccccn3)C(=S)NCCN3CCOCC3)c(=O)[nH]c2cc1C. The normalized spacial score (nSPS) is 14.4. The third-order valence-electron chi connectivity index (χ3n) is 6.07. The van der Waals surface area contributed by atoms with Crippen molar-refractivity contribution in [1.82, 2.24) is 25.1 Å². The third kappa shape index (κ3) is 6.16. The zero-order valence-electron chi connectivity index (χ0n) is 19.3. The fourth-order valence-electron chi connectivity index (χ4n) is 3.99. The number of morpholine rings is 1. The first kappa shape index (κ1) is 23.4. The number of hydrogen-bond donors (Lipinski definition) is 2. The first-order valence-corrected chi connectivity index (χ1v) is 11.8. The molecule has 1 saturated heterocycles. The predicted molar refractivity (Wildman–Crippen MR) is 135 cm³/mol.